The Labute approximate surface area is 108 Å². The first-order valence-electron chi connectivity index (χ1n) is 5.67. The summed E-state index contributed by atoms with van der Waals surface area (Å²) in [5.41, 5.74) is 5.38. The Morgan fingerprint density at radius 2 is 1.41 bits per heavy atom. The fraction of sp³-hybridized carbons (Fsp3) is 0. The maximum atomic E-state index is 3.68. The van der Waals surface area contributed by atoms with Crippen molar-refractivity contribution in [3.8, 4) is 22.3 Å². The molecule has 0 heterocycles. The van der Waals surface area contributed by atoms with Gasteiger partial charge in [0.15, 0.2) is 0 Å². The molecule has 0 atom stereocenters. The van der Waals surface area contributed by atoms with Crippen molar-refractivity contribution in [2.75, 3.05) is 0 Å². The van der Waals surface area contributed by atoms with E-state index in [2.05, 4.69) is 70.5 Å². The fourth-order valence-electron chi connectivity index (χ4n) is 2.78. The van der Waals surface area contributed by atoms with E-state index in [1.807, 2.05) is 0 Å². The maximum absolute atomic E-state index is 3.68. The monoisotopic (exact) mass is 280 g/mol. The van der Waals surface area contributed by atoms with Crippen LogP contribution in [0.3, 0.4) is 0 Å². The van der Waals surface area contributed by atoms with Crippen LogP contribution in [0.1, 0.15) is 0 Å². The maximum Gasteiger partial charge on any atom is 0.0260 e. The van der Waals surface area contributed by atoms with Gasteiger partial charge in [0.25, 0.3) is 0 Å². The lowest BCUT2D eigenvalue weighted by atomic mass is 10.0. The van der Waals surface area contributed by atoms with Gasteiger partial charge < -0.3 is 0 Å². The molecular formula is C16H9Br. The van der Waals surface area contributed by atoms with Crippen molar-refractivity contribution in [2.24, 2.45) is 0 Å². The molecule has 0 saturated heterocycles. The number of hydrogen-bond acceptors (Lipinski definition) is 0. The van der Waals surface area contributed by atoms with Crippen molar-refractivity contribution in [3.05, 3.63) is 59.1 Å². The van der Waals surface area contributed by atoms with Crippen LogP contribution in [0.25, 0.3) is 33.0 Å². The SMILES string of the molecule is Brc1ccc2cccc3c2c1-c1ccccc1-3. The van der Waals surface area contributed by atoms with Gasteiger partial charge in [-0.25, -0.2) is 0 Å². The van der Waals surface area contributed by atoms with E-state index in [4.69, 9.17) is 0 Å². The number of hydrogen-bond donors (Lipinski definition) is 0. The molecule has 4 rings (SSSR count). The Morgan fingerprint density at radius 1 is 0.647 bits per heavy atom. The van der Waals surface area contributed by atoms with E-state index in [1.165, 1.54) is 37.5 Å². The van der Waals surface area contributed by atoms with Gasteiger partial charge in [-0.15, -0.1) is 0 Å². The van der Waals surface area contributed by atoms with Gasteiger partial charge >= 0.3 is 0 Å². The van der Waals surface area contributed by atoms with Crippen LogP contribution in [0.5, 0.6) is 0 Å². The summed E-state index contributed by atoms with van der Waals surface area (Å²) < 4.78 is 1.18. The van der Waals surface area contributed by atoms with Gasteiger partial charge in [-0.2, -0.15) is 0 Å². The predicted molar refractivity (Wildman–Crippen MR) is 76.1 cm³/mol. The highest BCUT2D eigenvalue weighted by Gasteiger charge is 2.22. The molecule has 0 bridgehead atoms. The van der Waals surface area contributed by atoms with E-state index >= 15 is 0 Å². The summed E-state index contributed by atoms with van der Waals surface area (Å²) in [6, 6.07) is 19.5. The topological polar surface area (TPSA) is 0 Å². The first-order valence-corrected chi connectivity index (χ1v) is 6.46. The smallest absolute Gasteiger partial charge is 0.0260 e. The summed E-state index contributed by atoms with van der Waals surface area (Å²) in [6.45, 7) is 0. The Bertz CT molecular complexity index is 757. The third-order valence-corrected chi connectivity index (χ3v) is 4.14. The Kier molecular flexibility index (Phi) is 1.78. The lowest BCUT2D eigenvalue weighted by molar-refractivity contribution is 1.68. The van der Waals surface area contributed by atoms with Crippen LogP contribution in [0, 0.1) is 0 Å². The molecule has 0 fully saturated rings. The summed E-state index contributed by atoms with van der Waals surface area (Å²) in [5.74, 6) is 0. The van der Waals surface area contributed by atoms with Crippen LogP contribution in [0.4, 0.5) is 0 Å². The van der Waals surface area contributed by atoms with Crippen LogP contribution in [0.15, 0.2) is 59.1 Å². The molecule has 0 N–H and O–H groups in total. The van der Waals surface area contributed by atoms with Crippen molar-refractivity contribution in [3.63, 3.8) is 0 Å². The predicted octanol–water partition coefficient (Wildman–Crippen LogP) is 5.25. The molecule has 0 amide bonds. The van der Waals surface area contributed by atoms with Crippen LogP contribution < -0.4 is 0 Å². The average molecular weight is 281 g/mol. The molecule has 3 aromatic carbocycles. The molecule has 0 aromatic heterocycles. The molecule has 0 saturated carbocycles. The zero-order valence-corrected chi connectivity index (χ0v) is 10.7. The van der Waals surface area contributed by atoms with Crippen LogP contribution in [-0.2, 0) is 0 Å². The van der Waals surface area contributed by atoms with Gasteiger partial charge in [-0.3, -0.25) is 0 Å². The first kappa shape index (κ1) is 9.43. The molecule has 1 aliphatic carbocycles. The third-order valence-electron chi connectivity index (χ3n) is 3.48. The van der Waals surface area contributed by atoms with Gasteiger partial charge in [-0.1, -0.05) is 64.5 Å². The zero-order valence-electron chi connectivity index (χ0n) is 9.07. The molecule has 80 valence electrons. The van der Waals surface area contributed by atoms with E-state index < -0.39 is 0 Å². The lowest BCUT2D eigenvalue weighted by Gasteiger charge is -2.04. The van der Waals surface area contributed by atoms with Crippen molar-refractivity contribution >= 4 is 26.7 Å². The minimum Gasteiger partial charge on any atom is -0.0616 e. The number of rotatable bonds is 0. The molecule has 0 aliphatic heterocycles. The highest BCUT2D eigenvalue weighted by molar-refractivity contribution is 9.10. The molecule has 0 radical (unpaired) electrons. The quantitative estimate of drug-likeness (QED) is 0.413. The Balaban J connectivity index is 2.33. The van der Waals surface area contributed by atoms with E-state index in [1.54, 1.807) is 0 Å². The summed E-state index contributed by atoms with van der Waals surface area (Å²) >= 11 is 3.68. The standard InChI is InChI=1S/C16H9Br/c17-14-9-8-10-4-3-7-12-11-5-1-2-6-13(11)16(14)15(10)12/h1-9H. The second-order valence-electron chi connectivity index (χ2n) is 4.37. The lowest BCUT2D eigenvalue weighted by Crippen LogP contribution is -1.77. The summed E-state index contributed by atoms with van der Waals surface area (Å²) in [4.78, 5) is 0. The molecular weight excluding hydrogens is 272 g/mol. The first-order chi connectivity index (χ1) is 8.36. The largest absolute Gasteiger partial charge is 0.0616 e. The van der Waals surface area contributed by atoms with Gasteiger partial charge in [0, 0.05) is 10.0 Å². The number of benzene rings is 3. The van der Waals surface area contributed by atoms with E-state index in [0.717, 1.165) is 0 Å². The van der Waals surface area contributed by atoms with E-state index in [-0.39, 0.29) is 0 Å². The Hall–Kier alpha value is -1.60. The van der Waals surface area contributed by atoms with Gasteiger partial charge in [0.1, 0.15) is 0 Å². The minimum absolute atomic E-state index is 1.18. The minimum atomic E-state index is 1.18. The molecule has 17 heavy (non-hydrogen) atoms. The van der Waals surface area contributed by atoms with Crippen LogP contribution >= 0.6 is 15.9 Å². The second-order valence-corrected chi connectivity index (χ2v) is 5.23. The zero-order chi connectivity index (χ0) is 11.4. The number of fused-ring (bicyclic) bond motifs is 3. The molecule has 1 aliphatic rings. The molecule has 0 spiro atoms. The molecule has 3 aromatic rings. The summed E-state index contributed by atoms with van der Waals surface area (Å²) in [7, 11) is 0. The highest BCUT2D eigenvalue weighted by Crippen LogP contribution is 2.49. The molecule has 0 unspecified atom stereocenters. The Morgan fingerprint density at radius 3 is 2.29 bits per heavy atom. The molecule has 0 nitrogen and oxygen atoms in total. The van der Waals surface area contributed by atoms with Gasteiger partial charge in [-0.05, 0) is 33.5 Å². The van der Waals surface area contributed by atoms with Crippen LogP contribution in [0.2, 0.25) is 0 Å². The van der Waals surface area contributed by atoms with Crippen molar-refractivity contribution in [1.82, 2.24) is 0 Å². The van der Waals surface area contributed by atoms with E-state index in [0.29, 0.717) is 0 Å². The van der Waals surface area contributed by atoms with Crippen LogP contribution in [-0.4, -0.2) is 0 Å². The summed E-state index contributed by atoms with van der Waals surface area (Å²) in [5, 5.41) is 2.69. The van der Waals surface area contributed by atoms with Crippen molar-refractivity contribution in [1.29, 1.82) is 0 Å². The highest BCUT2D eigenvalue weighted by atomic mass is 79.9. The van der Waals surface area contributed by atoms with E-state index in [9.17, 15) is 0 Å². The second kappa shape index (κ2) is 3.21. The van der Waals surface area contributed by atoms with Crippen molar-refractivity contribution in [2.45, 2.75) is 0 Å². The van der Waals surface area contributed by atoms with Crippen molar-refractivity contribution < 1.29 is 0 Å². The normalized spacial score (nSPS) is 11.8. The summed E-state index contributed by atoms with van der Waals surface area (Å²) in [6.07, 6.45) is 0. The van der Waals surface area contributed by atoms with Gasteiger partial charge in [0.05, 0.1) is 0 Å². The molecule has 1 heteroatoms. The number of halogens is 1. The fourth-order valence-corrected chi connectivity index (χ4v) is 3.32. The third kappa shape index (κ3) is 1.12. The average Bonchev–Trinajstić information content (AvgIpc) is 2.71. The van der Waals surface area contributed by atoms with Gasteiger partial charge in [0.2, 0.25) is 0 Å².